The Balaban J connectivity index is 3.29. The van der Waals surface area contributed by atoms with E-state index in [4.69, 9.17) is 5.84 Å². The minimum atomic E-state index is -0.836. The van der Waals surface area contributed by atoms with Crippen molar-refractivity contribution in [1.29, 1.82) is 0 Å². The number of hydrazine groups is 1. The van der Waals surface area contributed by atoms with Crippen LogP contribution in [0.25, 0.3) is 0 Å². The smallest absolute Gasteiger partial charge is 0.282 e. The Kier molecular flexibility index (Phi) is 4.64. The van der Waals surface area contributed by atoms with Crippen molar-refractivity contribution in [3.8, 4) is 0 Å². The van der Waals surface area contributed by atoms with E-state index in [2.05, 4.69) is 5.43 Å². The second kappa shape index (κ2) is 5.85. The quantitative estimate of drug-likeness (QED) is 0.415. The summed E-state index contributed by atoms with van der Waals surface area (Å²) in [6.07, 6.45) is 0. The number of anilines is 1. The number of carbonyl (C=O) groups excluding carboxylic acids is 1. The number of rotatable bonds is 5. The number of nitrogen functional groups attached to an aromatic ring is 1. The fraction of sp³-hybridized carbons (Fsp3) is 0.417. The van der Waals surface area contributed by atoms with E-state index in [1.54, 1.807) is 13.8 Å². The molecule has 1 aromatic carbocycles. The van der Waals surface area contributed by atoms with Crippen LogP contribution in [-0.2, 0) is 0 Å². The van der Waals surface area contributed by atoms with Crippen LogP contribution in [0.15, 0.2) is 18.2 Å². The average Bonchev–Trinajstić information content (AvgIpc) is 2.44. The normalized spacial score (nSPS) is 11.1. The van der Waals surface area contributed by atoms with E-state index in [-0.39, 0.29) is 17.9 Å². The lowest BCUT2D eigenvalue weighted by molar-refractivity contribution is -0.385. The minimum absolute atomic E-state index is 0.0884. The number of carbonyl (C=O) groups is 1. The number of nitrogens with one attached hydrogen (secondary N) is 1. The third-order valence-corrected chi connectivity index (χ3v) is 3.19. The summed E-state index contributed by atoms with van der Waals surface area (Å²) in [5.74, 6) is 4.69. The maximum atomic E-state index is 12.4. The van der Waals surface area contributed by atoms with Crippen molar-refractivity contribution in [2.75, 3.05) is 19.1 Å². The van der Waals surface area contributed by atoms with E-state index in [1.165, 1.54) is 30.1 Å². The summed E-state index contributed by atoms with van der Waals surface area (Å²) in [7, 11) is 1.48. The number of amides is 1. The van der Waals surface area contributed by atoms with E-state index in [0.717, 1.165) is 0 Å². The van der Waals surface area contributed by atoms with Crippen molar-refractivity contribution in [2.45, 2.75) is 19.4 Å². The lowest BCUT2D eigenvalue weighted by atomic mass is 10.0. The summed E-state index contributed by atoms with van der Waals surface area (Å²) in [6.45, 7) is 3.04. The molecule has 0 fully saturated rings. The Morgan fingerprint density at radius 2 is 2.15 bits per heavy atom. The summed E-state index contributed by atoms with van der Waals surface area (Å²) >= 11 is 0. The van der Waals surface area contributed by atoms with E-state index in [9.17, 15) is 20.0 Å². The molecule has 0 unspecified atom stereocenters. The van der Waals surface area contributed by atoms with Gasteiger partial charge in [-0.2, -0.15) is 0 Å². The van der Waals surface area contributed by atoms with Crippen LogP contribution in [0.1, 0.15) is 24.2 Å². The second-order valence-electron chi connectivity index (χ2n) is 4.97. The van der Waals surface area contributed by atoms with Gasteiger partial charge in [-0.15, -0.1) is 0 Å². The molecule has 4 N–H and O–H groups in total. The number of aliphatic hydroxyl groups excluding tert-OH is 1. The van der Waals surface area contributed by atoms with Gasteiger partial charge in [0, 0.05) is 18.8 Å². The monoisotopic (exact) mass is 282 g/mol. The van der Waals surface area contributed by atoms with Crippen molar-refractivity contribution < 1.29 is 14.8 Å². The highest BCUT2D eigenvalue weighted by atomic mass is 16.6. The third kappa shape index (κ3) is 3.03. The van der Waals surface area contributed by atoms with Gasteiger partial charge in [0.05, 0.1) is 17.1 Å². The van der Waals surface area contributed by atoms with Gasteiger partial charge < -0.3 is 15.4 Å². The summed E-state index contributed by atoms with van der Waals surface area (Å²) in [4.78, 5) is 24.0. The maximum absolute atomic E-state index is 12.4. The minimum Gasteiger partial charge on any atom is -0.394 e. The number of hydrogen-bond acceptors (Lipinski definition) is 6. The van der Waals surface area contributed by atoms with Crippen LogP contribution < -0.4 is 11.3 Å². The first kappa shape index (κ1) is 15.9. The molecule has 0 aromatic heterocycles. The molecular formula is C12H18N4O4. The number of nitro benzene ring substituents is 1. The maximum Gasteiger partial charge on any atom is 0.282 e. The summed E-state index contributed by atoms with van der Waals surface area (Å²) in [5, 5.41) is 20.3. The lowest BCUT2D eigenvalue weighted by Gasteiger charge is -2.33. The molecule has 8 nitrogen and oxygen atoms in total. The molecule has 1 rings (SSSR count). The van der Waals surface area contributed by atoms with Crippen molar-refractivity contribution in [3.05, 3.63) is 33.9 Å². The zero-order valence-corrected chi connectivity index (χ0v) is 11.6. The molecule has 0 aliphatic rings. The van der Waals surface area contributed by atoms with Gasteiger partial charge in [0.15, 0.2) is 0 Å². The number of nitrogens with zero attached hydrogens (tertiary/aromatic N) is 2. The average molecular weight is 282 g/mol. The molecule has 0 saturated carbocycles. The molecule has 1 aromatic rings. The Hall–Kier alpha value is -2.19. The van der Waals surface area contributed by atoms with E-state index < -0.39 is 16.4 Å². The summed E-state index contributed by atoms with van der Waals surface area (Å²) < 4.78 is 0. The van der Waals surface area contributed by atoms with Crippen LogP contribution in [-0.4, -0.2) is 40.0 Å². The fourth-order valence-electron chi connectivity index (χ4n) is 1.52. The van der Waals surface area contributed by atoms with E-state index >= 15 is 0 Å². The summed E-state index contributed by atoms with van der Waals surface area (Å²) in [6, 6.07) is 3.93. The topological polar surface area (TPSA) is 122 Å². The van der Waals surface area contributed by atoms with Gasteiger partial charge in [0.1, 0.15) is 5.56 Å². The van der Waals surface area contributed by atoms with Gasteiger partial charge in [-0.3, -0.25) is 20.8 Å². The first-order chi connectivity index (χ1) is 9.24. The molecule has 0 radical (unpaired) electrons. The van der Waals surface area contributed by atoms with Gasteiger partial charge in [0.25, 0.3) is 11.6 Å². The molecule has 0 bridgehead atoms. The summed E-state index contributed by atoms with van der Waals surface area (Å²) in [5.41, 5.74) is 1.49. The first-order valence-corrected chi connectivity index (χ1v) is 5.88. The first-order valence-electron chi connectivity index (χ1n) is 5.88. The van der Waals surface area contributed by atoms with Crippen LogP contribution in [0.5, 0.6) is 0 Å². The van der Waals surface area contributed by atoms with Crippen molar-refractivity contribution >= 4 is 17.3 Å². The molecular weight excluding hydrogens is 264 g/mol. The van der Waals surface area contributed by atoms with Crippen molar-refractivity contribution in [3.63, 3.8) is 0 Å². The standard InChI is InChI=1S/C12H18N4O4/c1-12(2,7-17)15(3)11(18)9-6-8(14-13)4-5-10(9)16(19)20/h4-6,14,17H,7,13H2,1-3H3. The van der Waals surface area contributed by atoms with Gasteiger partial charge in [-0.25, -0.2) is 0 Å². The number of nitrogens with two attached hydrogens (primary N) is 1. The second-order valence-corrected chi connectivity index (χ2v) is 4.97. The predicted octanol–water partition coefficient (Wildman–Crippen LogP) is 0.723. The molecule has 0 aliphatic carbocycles. The predicted molar refractivity (Wildman–Crippen MR) is 74.2 cm³/mol. The number of benzene rings is 1. The number of aliphatic hydroxyl groups is 1. The van der Waals surface area contributed by atoms with Crippen LogP contribution in [0.3, 0.4) is 0 Å². The molecule has 8 heteroatoms. The fourth-order valence-corrected chi connectivity index (χ4v) is 1.52. The molecule has 20 heavy (non-hydrogen) atoms. The van der Waals surface area contributed by atoms with Crippen LogP contribution in [0, 0.1) is 10.1 Å². The van der Waals surface area contributed by atoms with Gasteiger partial charge in [-0.05, 0) is 26.0 Å². The highest BCUT2D eigenvalue weighted by Crippen LogP contribution is 2.25. The third-order valence-electron chi connectivity index (χ3n) is 3.19. The molecule has 0 spiro atoms. The molecule has 0 aliphatic heterocycles. The molecule has 1 amide bonds. The Labute approximate surface area is 116 Å². The SMILES string of the molecule is CN(C(=O)c1cc(NN)ccc1[N+](=O)[O-])C(C)(C)CO. The molecule has 0 atom stereocenters. The highest BCUT2D eigenvalue weighted by Gasteiger charge is 2.31. The van der Waals surface area contributed by atoms with Gasteiger partial charge in [-0.1, -0.05) is 0 Å². The Bertz CT molecular complexity index is 530. The van der Waals surface area contributed by atoms with Crippen LogP contribution in [0.2, 0.25) is 0 Å². The van der Waals surface area contributed by atoms with E-state index in [0.29, 0.717) is 5.69 Å². The molecule has 0 saturated heterocycles. The van der Waals surface area contributed by atoms with Gasteiger partial charge >= 0.3 is 0 Å². The van der Waals surface area contributed by atoms with Crippen LogP contribution in [0.4, 0.5) is 11.4 Å². The number of hydrogen-bond donors (Lipinski definition) is 3. The lowest BCUT2D eigenvalue weighted by Crippen LogP contribution is -2.47. The van der Waals surface area contributed by atoms with Crippen LogP contribution >= 0.6 is 0 Å². The molecule has 0 heterocycles. The van der Waals surface area contributed by atoms with Crippen molar-refractivity contribution in [1.82, 2.24) is 4.90 Å². The zero-order valence-electron chi connectivity index (χ0n) is 11.6. The highest BCUT2D eigenvalue weighted by molar-refractivity contribution is 5.99. The van der Waals surface area contributed by atoms with Crippen molar-refractivity contribution in [2.24, 2.45) is 5.84 Å². The molecule has 110 valence electrons. The van der Waals surface area contributed by atoms with Gasteiger partial charge in [0.2, 0.25) is 0 Å². The number of likely N-dealkylation sites (N-methyl/N-ethyl adjacent to an activating group) is 1. The largest absolute Gasteiger partial charge is 0.394 e. The Morgan fingerprint density at radius 3 is 2.60 bits per heavy atom. The zero-order chi connectivity index (χ0) is 15.5. The number of nitro groups is 1. The Morgan fingerprint density at radius 1 is 1.55 bits per heavy atom. The van der Waals surface area contributed by atoms with E-state index in [1.807, 2.05) is 0 Å².